The Hall–Kier alpha value is -1.72. The zero-order chi connectivity index (χ0) is 13.2. The van der Waals surface area contributed by atoms with Crippen LogP contribution in [0.3, 0.4) is 0 Å². The van der Waals surface area contributed by atoms with Crippen LogP contribution in [0.1, 0.15) is 16.8 Å². The second-order valence-electron chi connectivity index (χ2n) is 4.05. The van der Waals surface area contributed by atoms with Crippen molar-refractivity contribution in [3.05, 3.63) is 60.2 Å². The minimum atomic E-state index is -4.52. The Bertz CT molecular complexity index is 614. The average molecular weight is 264 g/mol. The minimum Gasteiger partial charge on any atom is -0.292 e. The first-order valence-corrected chi connectivity index (χ1v) is 6.83. The van der Waals surface area contributed by atoms with Gasteiger partial charge in [-0.3, -0.25) is 9.35 Å². The van der Waals surface area contributed by atoms with Crippen molar-refractivity contribution in [2.45, 2.75) is 11.2 Å². The van der Waals surface area contributed by atoms with Gasteiger partial charge in [0.1, 0.15) is 0 Å². The van der Waals surface area contributed by atoms with Gasteiger partial charge in [0.2, 0.25) is 0 Å². The Balaban J connectivity index is 2.54. The summed E-state index contributed by atoms with van der Waals surface area (Å²) in [5, 5.41) is 0. The Kier molecular flexibility index (Phi) is 3.19. The molecule has 0 spiro atoms. The molecule has 2 rings (SSSR count). The molecule has 0 aromatic heterocycles. The Morgan fingerprint density at radius 2 is 1.83 bits per heavy atom. The molecule has 1 unspecified atom stereocenters. The number of ketones is 1. The highest BCUT2D eigenvalue weighted by Crippen LogP contribution is 2.30. The third kappa shape index (κ3) is 2.02. The molecule has 1 aliphatic rings. The van der Waals surface area contributed by atoms with Crippen LogP contribution < -0.4 is 0 Å². The van der Waals surface area contributed by atoms with E-state index in [0.29, 0.717) is 0 Å². The van der Waals surface area contributed by atoms with Gasteiger partial charge in [-0.25, -0.2) is 0 Å². The molecule has 0 bridgehead atoms. The Labute approximate surface area is 105 Å². The highest BCUT2D eigenvalue weighted by atomic mass is 32.2. The van der Waals surface area contributed by atoms with Gasteiger partial charge in [-0.15, -0.1) is 0 Å². The van der Waals surface area contributed by atoms with Gasteiger partial charge < -0.3 is 0 Å². The van der Waals surface area contributed by atoms with Crippen molar-refractivity contribution in [2.24, 2.45) is 0 Å². The second kappa shape index (κ2) is 4.51. The second-order valence-corrected chi connectivity index (χ2v) is 5.73. The lowest BCUT2D eigenvalue weighted by atomic mass is 9.91. The standard InChI is InChI=1S/C13H12O4S/c14-12(11-7-3-1-4-8-11)13(18(15,16)17)9-5-2-6-10-13/h1-9H,10H2,(H,15,16,17). The highest BCUT2D eigenvalue weighted by molar-refractivity contribution is 7.88. The zero-order valence-corrected chi connectivity index (χ0v) is 10.3. The largest absolute Gasteiger partial charge is 0.292 e. The number of allylic oxidation sites excluding steroid dienone is 3. The summed E-state index contributed by atoms with van der Waals surface area (Å²) in [6.07, 6.45) is 5.82. The average Bonchev–Trinajstić information content (AvgIpc) is 2.38. The van der Waals surface area contributed by atoms with Crippen LogP contribution in [0, 0.1) is 0 Å². The van der Waals surface area contributed by atoms with E-state index in [-0.39, 0.29) is 12.0 Å². The molecule has 1 aliphatic carbocycles. The summed E-state index contributed by atoms with van der Waals surface area (Å²) in [7, 11) is -4.52. The van der Waals surface area contributed by atoms with Crippen LogP contribution in [0.5, 0.6) is 0 Å². The number of carbonyl (C=O) groups is 1. The summed E-state index contributed by atoms with van der Waals surface area (Å²) in [6, 6.07) is 8.08. The molecule has 0 fully saturated rings. The first-order valence-electron chi connectivity index (χ1n) is 5.39. The fourth-order valence-electron chi connectivity index (χ4n) is 1.91. The van der Waals surface area contributed by atoms with Crippen LogP contribution in [0.4, 0.5) is 0 Å². The van der Waals surface area contributed by atoms with Gasteiger partial charge in [0.15, 0.2) is 10.5 Å². The fraction of sp³-hybridized carbons (Fsp3) is 0.154. The minimum absolute atomic E-state index is 0.0595. The monoisotopic (exact) mass is 264 g/mol. The van der Waals surface area contributed by atoms with Crippen LogP contribution in [0.25, 0.3) is 0 Å². The van der Waals surface area contributed by atoms with E-state index in [2.05, 4.69) is 0 Å². The summed E-state index contributed by atoms with van der Waals surface area (Å²) in [6.45, 7) is 0. The van der Waals surface area contributed by atoms with Gasteiger partial charge in [-0.1, -0.05) is 54.6 Å². The van der Waals surface area contributed by atoms with Crippen molar-refractivity contribution in [1.82, 2.24) is 0 Å². The van der Waals surface area contributed by atoms with E-state index in [0.717, 1.165) is 0 Å². The van der Waals surface area contributed by atoms with Crippen LogP contribution in [-0.2, 0) is 10.1 Å². The molecule has 94 valence electrons. The maximum Gasteiger partial charge on any atom is 0.282 e. The molecule has 5 heteroatoms. The summed E-state index contributed by atoms with van der Waals surface area (Å²) in [5.41, 5.74) is 0.259. The number of hydrogen-bond acceptors (Lipinski definition) is 3. The predicted octanol–water partition coefficient (Wildman–Crippen LogP) is 2.01. The molecule has 1 N–H and O–H groups in total. The van der Waals surface area contributed by atoms with E-state index in [1.807, 2.05) is 0 Å². The fourth-order valence-corrected chi connectivity index (χ4v) is 2.82. The topological polar surface area (TPSA) is 71.4 Å². The van der Waals surface area contributed by atoms with Gasteiger partial charge in [0.05, 0.1) is 0 Å². The lowest BCUT2D eigenvalue weighted by Gasteiger charge is -2.26. The van der Waals surface area contributed by atoms with Gasteiger partial charge in [-0.2, -0.15) is 8.42 Å². The molecule has 0 saturated heterocycles. The van der Waals surface area contributed by atoms with Crippen molar-refractivity contribution in [1.29, 1.82) is 0 Å². The Morgan fingerprint density at radius 3 is 2.33 bits per heavy atom. The first kappa shape index (κ1) is 12.7. The van der Waals surface area contributed by atoms with E-state index >= 15 is 0 Å². The molecule has 18 heavy (non-hydrogen) atoms. The Morgan fingerprint density at radius 1 is 1.17 bits per heavy atom. The van der Waals surface area contributed by atoms with Gasteiger partial charge in [0.25, 0.3) is 10.1 Å². The summed E-state index contributed by atoms with van der Waals surface area (Å²) in [5.74, 6) is -0.619. The van der Waals surface area contributed by atoms with Crippen LogP contribution in [0.15, 0.2) is 54.6 Å². The molecule has 0 radical (unpaired) electrons. The summed E-state index contributed by atoms with van der Waals surface area (Å²) >= 11 is 0. The molecule has 1 aromatic rings. The number of carbonyl (C=O) groups excluding carboxylic acids is 1. The smallest absolute Gasteiger partial charge is 0.282 e. The maximum atomic E-state index is 12.3. The van der Waals surface area contributed by atoms with Crippen LogP contribution in [0.2, 0.25) is 0 Å². The molecular weight excluding hydrogens is 252 g/mol. The number of rotatable bonds is 3. The molecule has 1 atom stereocenters. The van der Waals surface area contributed by atoms with E-state index in [4.69, 9.17) is 0 Å². The normalized spacial score (nSPS) is 22.9. The molecule has 0 aliphatic heterocycles. The van der Waals surface area contributed by atoms with Gasteiger partial charge in [-0.05, 0) is 6.42 Å². The number of benzene rings is 1. The molecule has 0 amide bonds. The van der Waals surface area contributed by atoms with Crippen molar-refractivity contribution >= 4 is 15.9 Å². The van der Waals surface area contributed by atoms with Crippen molar-refractivity contribution in [3.63, 3.8) is 0 Å². The third-order valence-corrected chi connectivity index (χ3v) is 4.32. The van der Waals surface area contributed by atoms with E-state index < -0.39 is 20.6 Å². The SMILES string of the molecule is O=C(c1ccccc1)C1(S(=O)(=O)O)C=CC=CC1. The highest BCUT2D eigenvalue weighted by Gasteiger charge is 2.47. The van der Waals surface area contributed by atoms with Gasteiger partial charge in [0, 0.05) is 5.56 Å². The lowest BCUT2D eigenvalue weighted by Crippen LogP contribution is -2.44. The van der Waals surface area contributed by atoms with Gasteiger partial charge >= 0.3 is 0 Å². The number of Topliss-reactive ketones (excluding diaryl/α,β-unsaturated/α-hetero) is 1. The number of hydrogen-bond donors (Lipinski definition) is 1. The first-order chi connectivity index (χ1) is 8.47. The molecule has 0 saturated carbocycles. The molecule has 1 aromatic carbocycles. The molecule has 0 heterocycles. The van der Waals surface area contributed by atoms with Crippen molar-refractivity contribution < 1.29 is 17.8 Å². The van der Waals surface area contributed by atoms with Crippen LogP contribution >= 0.6 is 0 Å². The quantitative estimate of drug-likeness (QED) is 0.669. The summed E-state index contributed by atoms with van der Waals surface area (Å²) in [4.78, 5) is 12.3. The molecular formula is C13H12O4S. The van der Waals surface area contributed by atoms with Crippen molar-refractivity contribution in [2.75, 3.05) is 0 Å². The zero-order valence-electron chi connectivity index (χ0n) is 9.48. The van der Waals surface area contributed by atoms with E-state index in [9.17, 15) is 17.8 Å². The lowest BCUT2D eigenvalue weighted by molar-refractivity contribution is 0.0955. The van der Waals surface area contributed by atoms with E-state index in [1.165, 1.54) is 24.3 Å². The van der Waals surface area contributed by atoms with Crippen LogP contribution in [-0.4, -0.2) is 23.5 Å². The molecule has 4 nitrogen and oxygen atoms in total. The summed E-state index contributed by atoms with van der Waals surface area (Å²) < 4.78 is 30.6. The predicted molar refractivity (Wildman–Crippen MR) is 67.9 cm³/mol. The van der Waals surface area contributed by atoms with E-state index in [1.54, 1.807) is 30.4 Å². The third-order valence-electron chi connectivity index (χ3n) is 2.91. The van der Waals surface area contributed by atoms with Crippen molar-refractivity contribution in [3.8, 4) is 0 Å². The maximum absolute atomic E-state index is 12.3.